The molecule has 0 saturated carbocycles. The second-order valence-electron chi connectivity index (χ2n) is 7.60. The molecule has 0 radical (unpaired) electrons. The molecule has 0 bridgehead atoms. The van der Waals surface area contributed by atoms with E-state index < -0.39 is 17.0 Å². The number of rotatable bonds is 9. The molecule has 11 heteroatoms. The smallest absolute Gasteiger partial charge is 0.411 e. The van der Waals surface area contributed by atoms with Crippen LogP contribution in [0.2, 0.25) is 0 Å². The Bertz CT molecular complexity index is 1180. The van der Waals surface area contributed by atoms with Crippen LogP contribution in [0.5, 0.6) is 0 Å². The third-order valence-corrected chi connectivity index (χ3v) is 4.74. The topological polar surface area (TPSA) is 148 Å². The number of ether oxygens (including phenoxy) is 1. The molecule has 0 aliphatic heterocycles. The third-order valence-electron chi connectivity index (χ3n) is 4.74. The number of non-ortho nitro benzene ring substituents is 1. The van der Waals surface area contributed by atoms with Gasteiger partial charge in [-0.1, -0.05) is 12.1 Å². The number of nitrogens with one attached hydrogen (secondary N) is 1. The van der Waals surface area contributed by atoms with Gasteiger partial charge in [-0.15, -0.1) is 0 Å². The number of nitrogens with zero attached hydrogens (tertiary/aromatic N) is 4. The first-order valence-corrected chi connectivity index (χ1v) is 10.2. The van der Waals surface area contributed by atoms with Gasteiger partial charge in [0.05, 0.1) is 11.3 Å². The molecule has 0 fully saturated rings. The van der Waals surface area contributed by atoms with E-state index in [2.05, 4.69) is 15.3 Å². The molecule has 0 spiro atoms. The number of carbonyl (C=O) groups excluding carboxylic acids is 1. The minimum absolute atomic E-state index is 0.0225. The van der Waals surface area contributed by atoms with E-state index >= 15 is 0 Å². The minimum Gasteiger partial charge on any atom is -0.481 e. The number of carboxylic acids is 1. The molecular formula is C23H23N5O6. The largest absolute Gasteiger partial charge is 0.481 e. The quantitative estimate of drug-likeness (QED) is 0.358. The first-order chi connectivity index (χ1) is 16.2. The number of aromatic nitrogens is 2. The van der Waals surface area contributed by atoms with Crippen molar-refractivity contribution in [2.45, 2.75) is 19.4 Å². The lowest BCUT2D eigenvalue weighted by Crippen LogP contribution is -2.17. The van der Waals surface area contributed by atoms with Crippen molar-refractivity contribution in [2.75, 3.05) is 24.3 Å². The maximum Gasteiger partial charge on any atom is 0.411 e. The number of nitro benzene ring substituents is 1. The molecule has 1 amide bonds. The molecule has 0 atom stereocenters. The summed E-state index contributed by atoms with van der Waals surface area (Å²) in [5.74, 6) is 0.149. The highest BCUT2D eigenvalue weighted by Gasteiger charge is 2.13. The Balaban J connectivity index is 1.56. The van der Waals surface area contributed by atoms with Gasteiger partial charge in [0.2, 0.25) is 0 Å². The summed E-state index contributed by atoms with van der Waals surface area (Å²) in [6.07, 6.45) is 1.15. The maximum atomic E-state index is 12.0. The average molecular weight is 465 g/mol. The fourth-order valence-electron chi connectivity index (χ4n) is 3.10. The summed E-state index contributed by atoms with van der Waals surface area (Å²) in [7, 11) is 3.58. The molecule has 11 nitrogen and oxygen atoms in total. The molecule has 3 aromatic rings. The van der Waals surface area contributed by atoms with E-state index in [1.165, 1.54) is 30.5 Å². The number of carboxylic acid groups (broad SMARTS) is 1. The number of nitro groups is 1. The molecule has 34 heavy (non-hydrogen) atoms. The molecular weight excluding hydrogens is 442 g/mol. The predicted molar refractivity (Wildman–Crippen MR) is 124 cm³/mol. The summed E-state index contributed by atoms with van der Waals surface area (Å²) in [6.45, 7) is -0.0225. The van der Waals surface area contributed by atoms with Crippen molar-refractivity contribution in [1.82, 2.24) is 9.97 Å². The van der Waals surface area contributed by atoms with Gasteiger partial charge >= 0.3 is 12.1 Å². The van der Waals surface area contributed by atoms with E-state index in [-0.39, 0.29) is 18.7 Å². The Morgan fingerprint density at radius 2 is 1.74 bits per heavy atom. The van der Waals surface area contributed by atoms with Gasteiger partial charge in [-0.2, -0.15) is 0 Å². The Labute approximate surface area is 195 Å². The lowest BCUT2D eigenvalue weighted by Gasteiger charge is -2.16. The molecule has 0 aliphatic rings. The Morgan fingerprint density at radius 1 is 1.09 bits per heavy atom. The van der Waals surface area contributed by atoms with Crippen LogP contribution in [0.3, 0.4) is 0 Å². The van der Waals surface area contributed by atoms with Crippen molar-refractivity contribution in [3.8, 4) is 0 Å². The van der Waals surface area contributed by atoms with E-state index in [4.69, 9.17) is 9.84 Å². The fourth-order valence-corrected chi connectivity index (χ4v) is 3.10. The number of anilines is 2. The van der Waals surface area contributed by atoms with Crippen LogP contribution in [0, 0.1) is 10.1 Å². The van der Waals surface area contributed by atoms with Crippen LogP contribution in [0.1, 0.15) is 22.5 Å². The molecule has 1 heterocycles. The Kier molecular flexibility index (Phi) is 7.70. The summed E-state index contributed by atoms with van der Waals surface area (Å²) in [4.78, 5) is 43.8. The van der Waals surface area contributed by atoms with Crippen LogP contribution in [0.4, 0.5) is 22.0 Å². The molecule has 0 unspecified atom stereocenters. The van der Waals surface area contributed by atoms with Crippen LogP contribution in [-0.4, -0.2) is 46.2 Å². The standard InChI is InChI=1S/C23H23N5O6/c1-27(2)22-17(12-21(29)30)13-24-20(26-22)11-15-3-7-18(8-4-15)25-23(31)34-14-16-5-9-19(10-6-16)28(32)33/h3-10,13H,11-12,14H2,1-2H3,(H,25,31)(H,29,30). The monoisotopic (exact) mass is 465 g/mol. The van der Waals surface area contributed by atoms with Crippen LogP contribution in [0.25, 0.3) is 0 Å². The zero-order chi connectivity index (χ0) is 24.7. The second-order valence-corrected chi connectivity index (χ2v) is 7.60. The number of hydrogen-bond donors (Lipinski definition) is 2. The summed E-state index contributed by atoms with van der Waals surface area (Å²) in [6, 6.07) is 12.8. The van der Waals surface area contributed by atoms with Crippen LogP contribution in [-0.2, 0) is 29.0 Å². The summed E-state index contributed by atoms with van der Waals surface area (Å²) >= 11 is 0. The lowest BCUT2D eigenvalue weighted by molar-refractivity contribution is -0.384. The van der Waals surface area contributed by atoms with Crippen molar-refractivity contribution in [1.29, 1.82) is 0 Å². The number of amides is 1. The molecule has 3 rings (SSSR count). The lowest BCUT2D eigenvalue weighted by atomic mass is 10.1. The Morgan fingerprint density at radius 3 is 2.32 bits per heavy atom. The van der Waals surface area contributed by atoms with E-state index in [0.717, 1.165) is 5.56 Å². The van der Waals surface area contributed by atoms with Crippen LogP contribution >= 0.6 is 0 Å². The number of carbonyl (C=O) groups is 2. The highest BCUT2D eigenvalue weighted by Crippen LogP contribution is 2.18. The second kappa shape index (κ2) is 10.9. The van der Waals surface area contributed by atoms with Gasteiger partial charge < -0.3 is 14.7 Å². The van der Waals surface area contributed by atoms with Gasteiger partial charge in [-0.05, 0) is 35.4 Å². The molecule has 2 aromatic carbocycles. The zero-order valence-corrected chi connectivity index (χ0v) is 18.6. The normalized spacial score (nSPS) is 10.4. The summed E-state index contributed by atoms with van der Waals surface area (Å²) < 4.78 is 5.15. The highest BCUT2D eigenvalue weighted by molar-refractivity contribution is 5.84. The maximum absolute atomic E-state index is 12.0. The van der Waals surface area contributed by atoms with E-state index in [0.29, 0.717) is 34.9 Å². The highest BCUT2D eigenvalue weighted by atomic mass is 16.6. The summed E-state index contributed by atoms with van der Waals surface area (Å²) in [5, 5.41) is 22.4. The molecule has 176 valence electrons. The van der Waals surface area contributed by atoms with Crippen molar-refractivity contribution in [3.05, 3.63) is 87.4 Å². The minimum atomic E-state index is -0.950. The van der Waals surface area contributed by atoms with Gasteiger partial charge in [0, 0.05) is 50.1 Å². The van der Waals surface area contributed by atoms with Crippen molar-refractivity contribution in [3.63, 3.8) is 0 Å². The van der Waals surface area contributed by atoms with E-state index in [1.807, 2.05) is 12.1 Å². The van der Waals surface area contributed by atoms with Gasteiger partial charge in [0.25, 0.3) is 5.69 Å². The van der Waals surface area contributed by atoms with Gasteiger partial charge in [0.15, 0.2) is 0 Å². The molecule has 2 N–H and O–H groups in total. The van der Waals surface area contributed by atoms with Gasteiger partial charge in [-0.25, -0.2) is 14.8 Å². The van der Waals surface area contributed by atoms with Crippen molar-refractivity contribution < 1.29 is 24.4 Å². The molecule has 0 aliphatic carbocycles. The first kappa shape index (κ1) is 24.1. The van der Waals surface area contributed by atoms with Crippen molar-refractivity contribution in [2.24, 2.45) is 0 Å². The number of hydrogen-bond acceptors (Lipinski definition) is 8. The summed E-state index contributed by atoms with van der Waals surface area (Å²) in [5.41, 5.74) is 2.56. The number of benzene rings is 2. The van der Waals surface area contributed by atoms with E-state index in [9.17, 15) is 19.7 Å². The first-order valence-electron chi connectivity index (χ1n) is 10.2. The van der Waals surface area contributed by atoms with Crippen molar-refractivity contribution >= 4 is 29.3 Å². The zero-order valence-electron chi connectivity index (χ0n) is 18.6. The molecule has 1 aromatic heterocycles. The van der Waals surface area contributed by atoms with Gasteiger partial charge in [-0.3, -0.25) is 20.2 Å². The average Bonchev–Trinajstić information content (AvgIpc) is 2.80. The Hall–Kier alpha value is -4.54. The predicted octanol–water partition coefficient (Wildman–Crippen LogP) is 3.42. The van der Waals surface area contributed by atoms with Crippen LogP contribution < -0.4 is 10.2 Å². The SMILES string of the molecule is CN(C)c1nc(Cc2ccc(NC(=O)OCc3ccc([N+](=O)[O-])cc3)cc2)ncc1CC(=O)O. The fraction of sp³-hybridized carbons (Fsp3) is 0.217. The third kappa shape index (κ3) is 6.73. The van der Waals surface area contributed by atoms with Crippen LogP contribution in [0.15, 0.2) is 54.7 Å². The van der Waals surface area contributed by atoms with Gasteiger partial charge in [0.1, 0.15) is 18.2 Å². The number of aliphatic carboxylic acids is 1. The molecule has 0 saturated heterocycles. The van der Waals surface area contributed by atoms with E-state index in [1.54, 1.807) is 31.1 Å².